The maximum Gasteiger partial charge on any atom is 0.244 e. The van der Waals surface area contributed by atoms with Gasteiger partial charge in [-0.15, -0.1) is 0 Å². The van der Waals surface area contributed by atoms with E-state index in [1.807, 2.05) is 32.0 Å². The third-order valence-electron chi connectivity index (χ3n) is 2.89. The van der Waals surface area contributed by atoms with E-state index >= 15 is 0 Å². The SMILES string of the molecule is CCC(N)(CC)C(=O)Nc1cc(Br)ccc1I. The van der Waals surface area contributed by atoms with E-state index in [-0.39, 0.29) is 5.91 Å². The van der Waals surface area contributed by atoms with Gasteiger partial charge >= 0.3 is 0 Å². The van der Waals surface area contributed by atoms with Crippen LogP contribution in [0.15, 0.2) is 22.7 Å². The molecule has 0 aromatic heterocycles. The van der Waals surface area contributed by atoms with Gasteiger partial charge in [0.15, 0.2) is 0 Å². The largest absolute Gasteiger partial charge is 0.323 e. The molecular weight excluding hydrogens is 395 g/mol. The first kappa shape index (κ1) is 14.9. The van der Waals surface area contributed by atoms with Gasteiger partial charge in [0.2, 0.25) is 5.91 Å². The van der Waals surface area contributed by atoms with Crippen LogP contribution in [0.4, 0.5) is 5.69 Å². The molecule has 0 aliphatic heterocycles. The zero-order valence-electron chi connectivity index (χ0n) is 9.89. The van der Waals surface area contributed by atoms with Crippen LogP contribution in [0.5, 0.6) is 0 Å². The van der Waals surface area contributed by atoms with Crippen molar-refractivity contribution in [1.82, 2.24) is 0 Å². The highest BCUT2D eigenvalue weighted by atomic mass is 127. The maximum absolute atomic E-state index is 12.1. The predicted octanol–water partition coefficient (Wildman–Crippen LogP) is 3.51. The zero-order chi connectivity index (χ0) is 13.1. The first-order valence-corrected chi connectivity index (χ1v) is 7.35. The number of hydrogen-bond donors (Lipinski definition) is 2. The van der Waals surface area contributed by atoms with Gasteiger partial charge in [-0.3, -0.25) is 4.79 Å². The highest BCUT2D eigenvalue weighted by Crippen LogP contribution is 2.24. The van der Waals surface area contributed by atoms with Gasteiger partial charge in [0.1, 0.15) is 0 Å². The van der Waals surface area contributed by atoms with Crippen LogP contribution in [0, 0.1) is 3.57 Å². The van der Waals surface area contributed by atoms with E-state index in [4.69, 9.17) is 5.73 Å². The van der Waals surface area contributed by atoms with Crippen molar-refractivity contribution in [2.75, 3.05) is 5.32 Å². The molecule has 0 atom stereocenters. The van der Waals surface area contributed by atoms with E-state index in [9.17, 15) is 4.79 Å². The van der Waals surface area contributed by atoms with E-state index < -0.39 is 5.54 Å². The van der Waals surface area contributed by atoms with Crippen LogP contribution in [0.25, 0.3) is 0 Å². The molecule has 0 spiro atoms. The fourth-order valence-corrected chi connectivity index (χ4v) is 2.24. The third-order valence-corrected chi connectivity index (χ3v) is 4.32. The third kappa shape index (κ3) is 3.66. The molecule has 3 nitrogen and oxygen atoms in total. The summed E-state index contributed by atoms with van der Waals surface area (Å²) in [6.45, 7) is 3.85. The van der Waals surface area contributed by atoms with Crippen molar-refractivity contribution in [1.29, 1.82) is 0 Å². The monoisotopic (exact) mass is 410 g/mol. The van der Waals surface area contributed by atoms with Gasteiger partial charge in [0, 0.05) is 8.04 Å². The Labute approximate surface area is 124 Å². The normalized spacial score (nSPS) is 11.4. The molecule has 0 radical (unpaired) electrons. The Morgan fingerprint density at radius 2 is 2.06 bits per heavy atom. The second kappa shape index (κ2) is 6.15. The molecule has 0 aliphatic rings. The molecule has 1 aromatic carbocycles. The van der Waals surface area contributed by atoms with Crippen LogP contribution < -0.4 is 11.1 Å². The van der Waals surface area contributed by atoms with E-state index in [2.05, 4.69) is 43.8 Å². The molecule has 3 N–H and O–H groups in total. The van der Waals surface area contributed by atoms with Crippen LogP contribution in [0.2, 0.25) is 0 Å². The molecule has 0 bridgehead atoms. The van der Waals surface area contributed by atoms with Crippen LogP contribution in [-0.2, 0) is 4.79 Å². The first-order chi connectivity index (χ1) is 7.92. The number of amides is 1. The molecule has 0 heterocycles. The zero-order valence-corrected chi connectivity index (χ0v) is 13.6. The highest BCUT2D eigenvalue weighted by molar-refractivity contribution is 14.1. The number of carbonyl (C=O) groups is 1. The van der Waals surface area contributed by atoms with Gasteiger partial charge in [-0.2, -0.15) is 0 Å². The predicted molar refractivity (Wildman–Crippen MR) is 83.0 cm³/mol. The highest BCUT2D eigenvalue weighted by Gasteiger charge is 2.30. The number of carbonyl (C=O) groups excluding carboxylic acids is 1. The molecule has 0 fully saturated rings. The van der Waals surface area contributed by atoms with Crippen molar-refractivity contribution >= 4 is 50.1 Å². The Bertz CT molecular complexity index is 419. The van der Waals surface area contributed by atoms with Crippen molar-refractivity contribution in [3.8, 4) is 0 Å². The molecular formula is C12H16BrIN2O. The van der Waals surface area contributed by atoms with Crippen molar-refractivity contribution < 1.29 is 4.79 Å². The minimum Gasteiger partial charge on any atom is -0.323 e. The lowest BCUT2D eigenvalue weighted by Gasteiger charge is -2.25. The molecule has 0 saturated carbocycles. The van der Waals surface area contributed by atoms with Crippen LogP contribution >= 0.6 is 38.5 Å². The summed E-state index contributed by atoms with van der Waals surface area (Å²) in [6.07, 6.45) is 1.25. The molecule has 0 unspecified atom stereocenters. The molecule has 1 aromatic rings. The quantitative estimate of drug-likeness (QED) is 0.746. The number of hydrogen-bond acceptors (Lipinski definition) is 2. The standard InChI is InChI=1S/C12H16BrIN2O/c1-3-12(15,4-2)11(17)16-10-7-8(13)5-6-9(10)14/h5-7H,3-4,15H2,1-2H3,(H,16,17). The lowest BCUT2D eigenvalue weighted by Crippen LogP contribution is -2.50. The van der Waals surface area contributed by atoms with E-state index in [1.54, 1.807) is 0 Å². The van der Waals surface area contributed by atoms with E-state index in [0.29, 0.717) is 12.8 Å². The summed E-state index contributed by atoms with van der Waals surface area (Å²) >= 11 is 5.57. The number of nitrogens with one attached hydrogen (secondary N) is 1. The minimum absolute atomic E-state index is 0.126. The summed E-state index contributed by atoms with van der Waals surface area (Å²) < 4.78 is 1.93. The first-order valence-electron chi connectivity index (χ1n) is 5.48. The van der Waals surface area contributed by atoms with Gasteiger partial charge in [-0.25, -0.2) is 0 Å². The van der Waals surface area contributed by atoms with Gasteiger partial charge in [0.05, 0.1) is 11.2 Å². The van der Waals surface area contributed by atoms with Gasteiger partial charge in [0.25, 0.3) is 0 Å². The molecule has 0 saturated heterocycles. The second-order valence-electron chi connectivity index (χ2n) is 3.94. The maximum atomic E-state index is 12.1. The van der Waals surface area contributed by atoms with Crippen molar-refractivity contribution in [2.24, 2.45) is 5.73 Å². The Kier molecular flexibility index (Phi) is 5.40. The second-order valence-corrected chi connectivity index (χ2v) is 6.02. The summed E-state index contributed by atoms with van der Waals surface area (Å²) in [5, 5.41) is 2.89. The summed E-state index contributed by atoms with van der Waals surface area (Å²) in [6, 6.07) is 5.76. The topological polar surface area (TPSA) is 55.1 Å². The number of nitrogens with two attached hydrogens (primary N) is 1. The van der Waals surface area contributed by atoms with Crippen molar-refractivity contribution in [3.05, 3.63) is 26.2 Å². The number of benzene rings is 1. The summed E-state index contributed by atoms with van der Waals surface area (Å²) in [5.41, 5.74) is 6.06. The Balaban J connectivity index is 2.91. The summed E-state index contributed by atoms with van der Waals surface area (Å²) in [4.78, 5) is 12.1. The summed E-state index contributed by atoms with van der Waals surface area (Å²) in [5.74, 6) is -0.126. The molecule has 1 amide bonds. The fraction of sp³-hybridized carbons (Fsp3) is 0.417. The number of rotatable bonds is 4. The molecule has 17 heavy (non-hydrogen) atoms. The summed E-state index contributed by atoms with van der Waals surface area (Å²) in [7, 11) is 0. The smallest absolute Gasteiger partial charge is 0.244 e. The van der Waals surface area contributed by atoms with Gasteiger partial charge in [-0.1, -0.05) is 29.8 Å². The van der Waals surface area contributed by atoms with E-state index in [0.717, 1.165) is 13.7 Å². The molecule has 5 heteroatoms. The fourth-order valence-electron chi connectivity index (χ4n) is 1.41. The lowest BCUT2D eigenvalue weighted by atomic mass is 9.93. The Hall–Kier alpha value is -0.140. The molecule has 0 aliphatic carbocycles. The van der Waals surface area contributed by atoms with Crippen LogP contribution in [-0.4, -0.2) is 11.4 Å². The van der Waals surface area contributed by atoms with Gasteiger partial charge < -0.3 is 11.1 Å². The Morgan fingerprint density at radius 1 is 1.47 bits per heavy atom. The lowest BCUT2D eigenvalue weighted by molar-refractivity contribution is -0.121. The average molecular weight is 411 g/mol. The van der Waals surface area contributed by atoms with Crippen molar-refractivity contribution in [3.63, 3.8) is 0 Å². The molecule has 1 rings (SSSR count). The Morgan fingerprint density at radius 3 is 2.59 bits per heavy atom. The van der Waals surface area contributed by atoms with Crippen LogP contribution in [0.3, 0.4) is 0 Å². The van der Waals surface area contributed by atoms with Crippen molar-refractivity contribution in [2.45, 2.75) is 32.2 Å². The van der Waals surface area contributed by atoms with E-state index in [1.165, 1.54) is 0 Å². The van der Waals surface area contributed by atoms with Gasteiger partial charge in [-0.05, 0) is 53.6 Å². The average Bonchev–Trinajstić information content (AvgIpc) is 2.32. The minimum atomic E-state index is -0.786. The molecule has 94 valence electrons. The number of halogens is 2. The van der Waals surface area contributed by atoms with Crippen LogP contribution in [0.1, 0.15) is 26.7 Å². The number of anilines is 1.